The first kappa shape index (κ1) is 19.3. The normalized spacial score (nSPS) is 14.1. The summed E-state index contributed by atoms with van der Waals surface area (Å²) in [5.41, 5.74) is 1.06. The van der Waals surface area contributed by atoms with Crippen molar-refractivity contribution in [3.05, 3.63) is 34.9 Å². The van der Waals surface area contributed by atoms with Gasteiger partial charge in [0.25, 0.3) is 0 Å². The van der Waals surface area contributed by atoms with E-state index in [4.69, 9.17) is 11.6 Å². The average molecular weight is 339 g/mol. The van der Waals surface area contributed by atoms with Crippen molar-refractivity contribution in [2.24, 2.45) is 4.99 Å². The van der Waals surface area contributed by atoms with Gasteiger partial charge in [0.2, 0.25) is 5.91 Å². The highest BCUT2D eigenvalue weighted by atomic mass is 35.5. The first-order valence-electron chi connectivity index (χ1n) is 7.86. The molecule has 6 heteroatoms. The smallest absolute Gasteiger partial charge is 0.243 e. The van der Waals surface area contributed by atoms with Crippen LogP contribution < -0.4 is 10.6 Å². The third-order valence-electron chi connectivity index (χ3n) is 3.57. The number of likely N-dealkylation sites (N-methyl/N-ethyl adjacent to an activating group) is 1. The van der Waals surface area contributed by atoms with E-state index in [9.17, 15) is 4.79 Å². The van der Waals surface area contributed by atoms with Crippen molar-refractivity contribution in [2.45, 2.75) is 39.3 Å². The Labute approximate surface area is 144 Å². The van der Waals surface area contributed by atoms with E-state index in [2.05, 4.69) is 29.5 Å². The second-order valence-corrected chi connectivity index (χ2v) is 6.26. The van der Waals surface area contributed by atoms with E-state index in [-0.39, 0.29) is 24.5 Å². The predicted octanol–water partition coefficient (Wildman–Crippen LogP) is 2.82. The number of hydrogen-bond acceptors (Lipinski definition) is 2. The topological polar surface area (TPSA) is 56.7 Å². The molecule has 0 bridgehead atoms. The quantitative estimate of drug-likeness (QED) is 0.619. The van der Waals surface area contributed by atoms with E-state index in [0.29, 0.717) is 11.0 Å². The lowest BCUT2D eigenvalue weighted by molar-refractivity contribution is -0.127. The second-order valence-electron chi connectivity index (χ2n) is 5.83. The Bertz CT molecular complexity index is 545. The van der Waals surface area contributed by atoms with Crippen LogP contribution in [0.2, 0.25) is 5.02 Å². The van der Waals surface area contributed by atoms with E-state index in [1.54, 1.807) is 14.1 Å². The molecule has 0 radical (unpaired) electrons. The molecule has 2 atom stereocenters. The molecular weight excluding hydrogens is 312 g/mol. The molecule has 0 saturated heterocycles. The van der Waals surface area contributed by atoms with Crippen molar-refractivity contribution in [1.82, 2.24) is 15.5 Å². The van der Waals surface area contributed by atoms with Crippen LogP contribution in [0.25, 0.3) is 0 Å². The van der Waals surface area contributed by atoms with E-state index >= 15 is 0 Å². The minimum absolute atomic E-state index is 0.0264. The molecule has 5 nitrogen and oxygen atoms in total. The summed E-state index contributed by atoms with van der Waals surface area (Å²) in [6.07, 6.45) is 0.966. The number of benzene rings is 1. The lowest BCUT2D eigenvalue weighted by atomic mass is 10.1. The van der Waals surface area contributed by atoms with Crippen molar-refractivity contribution in [1.29, 1.82) is 0 Å². The molecule has 0 saturated carbocycles. The van der Waals surface area contributed by atoms with Gasteiger partial charge in [0.1, 0.15) is 6.54 Å². The molecule has 23 heavy (non-hydrogen) atoms. The second kappa shape index (κ2) is 9.40. The number of aliphatic imine (C=N–C) groups is 1. The molecule has 0 aliphatic carbocycles. The van der Waals surface area contributed by atoms with Gasteiger partial charge in [-0.05, 0) is 38.0 Å². The maximum absolute atomic E-state index is 11.7. The number of nitrogens with zero attached hydrogens (tertiary/aromatic N) is 2. The number of carbonyl (C=O) groups is 1. The van der Waals surface area contributed by atoms with Gasteiger partial charge in [-0.2, -0.15) is 0 Å². The van der Waals surface area contributed by atoms with E-state index in [1.165, 1.54) is 4.90 Å². The van der Waals surface area contributed by atoms with Crippen LogP contribution in [0.15, 0.2) is 29.3 Å². The highest BCUT2D eigenvalue weighted by Gasteiger charge is 2.11. The first-order chi connectivity index (χ1) is 10.8. The maximum atomic E-state index is 11.7. The fraction of sp³-hybridized carbons (Fsp3) is 0.529. The van der Waals surface area contributed by atoms with Gasteiger partial charge in [-0.25, -0.2) is 4.99 Å². The summed E-state index contributed by atoms with van der Waals surface area (Å²) in [5, 5.41) is 7.34. The molecule has 0 aliphatic heterocycles. The molecule has 1 aromatic rings. The Morgan fingerprint density at radius 3 is 2.57 bits per heavy atom. The summed E-state index contributed by atoms with van der Waals surface area (Å²) in [6, 6.07) is 7.99. The summed E-state index contributed by atoms with van der Waals surface area (Å²) >= 11 is 6.05. The van der Waals surface area contributed by atoms with Crippen LogP contribution in [-0.2, 0) is 4.79 Å². The zero-order valence-corrected chi connectivity index (χ0v) is 15.3. The molecule has 0 aliphatic rings. The summed E-state index contributed by atoms with van der Waals surface area (Å²) in [5.74, 6) is 0.590. The summed E-state index contributed by atoms with van der Waals surface area (Å²) in [4.78, 5) is 17.7. The summed E-state index contributed by atoms with van der Waals surface area (Å²) in [7, 11) is 3.45. The fourth-order valence-electron chi connectivity index (χ4n) is 1.82. The van der Waals surface area contributed by atoms with Crippen LogP contribution in [0.1, 0.15) is 38.8 Å². The Hall–Kier alpha value is -1.75. The molecular formula is C17H27ClN4O. The highest BCUT2D eigenvalue weighted by Crippen LogP contribution is 2.17. The molecule has 2 unspecified atom stereocenters. The number of amides is 1. The third-order valence-corrected chi connectivity index (χ3v) is 3.80. The lowest BCUT2D eigenvalue weighted by Crippen LogP contribution is -2.43. The molecule has 0 fully saturated rings. The molecule has 1 rings (SSSR count). The molecule has 1 amide bonds. The first-order valence-corrected chi connectivity index (χ1v) is 8.24. The van der Waals surface area contributed by atoms with E-state index in [0.717, 1.165) is 12.0 Å². The predicted molar refractivity (Wildman–Crippen MR) is 96.9 cm³/mol. The van der Waals surface area contributed by atoms with E-state index in [1.807, 2.05) is 31.2 Å². The van der Waals surface area contributed by atoms with Crippen LogP contribution in [0, 0.1) is 0 Å². The molecule has 0 heterocycles. The fourth-order valence-corrected chi connectivity index (χ4v) is 2.02. The standard InChI is InChI=1S/C17H27ClN4O/c1-6-12(2)20-17(19-11-16(23)22(4)5)21-13(3)14-8-7-9-15(18)10-14/h7-10,12-13H,6,11H2,1-5H3,(H2,19,20,21). The van der Waals surface area contributed by atoms with Gasteiger partial charge in [0.15, 0.2) is 5.96 Å². The van der Waals surface area contributed by atoms with E-state index < -0.39 is 0 Å². The van der Waals surface area contributed by atoms with Gasteiger partial charge >= 0.3 is 0 Å². The Morgan fingerprint density at radius 2 is 2.00 bits per heavy atom. The molecule has 2 N–H and O–H groups in total. The van der Waals surface area contributed by atoms with Gasteiger partial charge in [-0.15, -0.1) is 0 Å². The zero-order chi connectivity index (χ0) is 17.4. The van der Waals surface area contributed by atoms with Gasteiger partial charge in [0, 0.05) is 25.2 Å². The molecule has 128 valence electrons. The van der Waals surface area contributed by atoms with Crippen molar-refractivity contribution in [3.63, 3.8) is 0 Å². The summed E-state index contributed by atoms with van der Waals surface area (Å²) < 4.78 is 0. The number of hydrogen-bond donors (Lipinski definition) is 2. The summed E-state index contributed by atoms with van der Waals surface area (Å²) in [6.45, 7) is 6.32. The van der Waals surface area contributed by atoms with Crippen molar-refractivity contribution >= 4 is 23.5 Å². The van der Waals surface area contributed by atoms with Gasteiger partial charge in [0.05, 0.1) is 6.04 Å². The SMILES string of the molecule is CCC(C)NC(=NCC(=O)N(C)C)NC(C)c1cccc(Cl)c1. The van der Waals surface area contributed by atoms with Gasteiger partial charge in [-0.3, -0.25) is 4.79 Å². The Balaban J connectivity index is 2.82. The molecule has 0 spiro atoms. The van der Waals surface area contributed by atoms with Crippen molar-refractivity contribution in [2.75, 3.05) is 20.6 Å². The van der Waals surface area contributed by atoms with Crippen LogP contribution in [-0.4, -0.2) is 43.4 Å². The van der Waals surface area contributed by atoms with Crippen LogP contribution >= 0.6 is 11.6 Å². The largest absolute Gasteiger partial charge is 0.354 e. The number of carbonyl (C=O) groups excluding carboxylic acids is 1. The van der Waals surface area contributed by atoms with Crippen molar-refractivity contribution in [3.8, 4) is 0 Å². The minimum atomic E-state index is -0.0364. The monoisotopic (exact) mass is 338 g/mol. The van der Waals surface area contributed by atoms with Crippen LogP contribution in [0.5, 0.6) is 0 Å². The Morgan fingerprint density at radius 1 is 1.30 bits per heavy atom. The lowest BCUT2D eigenvalue weighted by Gasteiger charge is -2.22. The average Bonchev–Trinajstić information content (AvgIpc) is 2.51. The zero-order valence-electron chi connectivity index (χ0n) is 14.6. The van der Waals surface area contributed by atoms with Gasteiger partial charge < -0.3 is 15.5 Å². The molecule has 1 aromatic carbocycles. The number of halogens is 1. The number of rotatable bonds is 6. The maximum Gasteiger partial charge on any atom is 0.243 e. The number of guanidine groups is 1. The van der Waals surface area contributed by atoms with Crippen LogP contribution in [0.3, 0.4) is 0 Å². The molecule has 0 aromatic heterocycles. The third kappa shape index (κ3) is 6.91. The van der Waals surface area contributed by atoms with Crippen molar-refractivity contribution < 1.29 is 4.79 Å². The number of nitrogens with one attached hydrogen (secondary N) is 2. The van der Waals surface area contributed by atoms with Gasteiger partial charge in [-0.1, -0.05) is 30.7 Å². The van der Waals surface area contributed by atoms with Crippen LogP contribution in [0.4, 0.5) is 0 Å². The Kier molecular flexibility index (Phi) is 7.89. The minimum Gasteiger partial charge on any atom is -0.354 e. The highest BCUT2D eigenvalue weighted by molar-refractivity contribution is 6.30.